The molecule has 0 fully saturated rings. The van der Waals surface area contributed by atoms with Crippen molar-refractivity contribution in [2.75, 3.05) is 5.75 Å². The maximum atomic E-state index is 13.3. The molecular formula is C24H18ClN3O3S. The molecule has 4 aromatic rings. The zero-order valence-electron chi connectivity index (χ0n) is 17.0. The first kappa shape index (κ1) is 21.8. The number of aromatic nitrogens is 2. The zero-order chi connectivity index (χ0) is 22.7. The normalized spacial score (nSPS) is 10.8. The number of imide groups is 1. The van der Waals surface area contributed by atoms with E-state index in [0.29, 0.717) is 32.3 Å². The van der Waals surface area contributed by atoms with Gasteiger partial charge in [0.2, 0.25) is 5.91 Å². The van der Waals surface area contributed by atoms with E-state index >= 15 is 0 Å². The first-order valence-corrected chi connectivity index (χ1v) is 11.1. The van der Waals surface area contributed by atoms with Crippen LogP contribution in [0.2, 0.25) is 5.02 Å². The van der Waals surface area contributed by atoms with Crippen LogP contribution in [0.25, 0.3) is 16.6 Å². The number of benzene rings is 3. The number of thioether (sulfide) groups is 1. The summed E-state index contributed by atoms with van der Waals surface area (Å²) in [6.07, 6.45) is 0. The molecule has 0 saturated heterocycles. The van der Waals surface area contributed by atoms with Gasteiger partial charge in [0, 0.05) is 10.6 Å². The molecule has 1 aromatic heterocycles. The van der Waals surface area contributed by atoms with Crippen molar-refractivity contribution in [3.63, 3.8) is 0 Å². The fourth-order valence-corrected chi connectivity index (χ4v) is 4.19. The Morgan fingerprint density at radius 1 is 1.03 bits per heavy atom. The van der Waals surface area contributed by atoms with Gasteiger partial charge in [-0.3, -0.25) is 24.3 Å². The number of nitrogens with one attached hydrogen (secondary N) is 1. The Bertz CT molecular complexity index is 1390. The van der Waals surface area contributed by atoms with Crippen LogP contribution in [0.5, 0.6) is 0 Å². The van der Waals surface area contributed by atoms with Gasteiger partial charge in [-0.2, -0.15) is 0 Å². The summed E-state index contributed by atoms with van der Waals surface area (Å²) in [6.45, 7) is 1.90. The Morgan fingerprint density at radius 2 is 1.75 bits per heavy atom. The minimum Gasteiger partial charge on any atom is -0.292 e. The number of para-hydroxylation sites is 1. The number of fused-ring (bicyclic) bond motifs is 1. The second-order valence-corrected chi connectivity index (χ2v) is 8.39. The predicted octanol–water partition coefficient (Wildman–Crippen LogP) is 4.40. The highest BCUT2D eigenvalue weighted by molar-refractivity contribution is 7.99. The van der Waals surface area contributed by atoms with E-state index in [1.54, 1.807) is 48.5 Å². The molecule has 0 aliphatic heterocycles. The molecule has 32 heavy (non-hydrogen) atoms. The lowest BCUT2D eigenvalue weighted by Crippen LogP contribution is -2.32. The van der Waals surface area contributed by atoms with Crippen molar-refractivity contribution in [3.8, 4) is 5.69 Å². The average Bonchev–Trinajstić information content (AvgIpc) is 2.79. The Hall–Kier alpha value is -3.42. The summed E-state index contributed by atoms with van der Waals surface area (Å²) in [5, 5.41) is 3.58. The van der Waals surface area contributed by atoms with Gasteiger partial charge in [-0.25, -0.2) is 4.98 Å². The average molecular weight is 464 g/mol. The number of nitrogens with zero attached hydrogens (tertiary/aromatic N) is 2. The predicted molar refractivity (Wildman–Crippen MR) is 127 cm³/mol. The lowest BCUT2D eigenvalue weighted by Gasteiger charge is -2.15. The molecule has 6 nitrogen and oxygen atoms in total. The van der Waals surface area contributed by atoms with E-state index in [4.69, 9.17) is 11.6 Å². The van der Waals surface area contributed by atoms with Crippen molar-refractivity contribution in [1.82, 2.24) is 14.9 Å². The van der Waals surface area contributed by atoms with E-state index in [0.717, 1.165) is 17.3 Å². The van der Waals surface area contributed by atoms with Crippen LogP contribution in [-0.4, -0.2) is 27.1 Å². The van der Waals surface area contributed by atoms with Crippen LogP contribution in [-0.2, 0) is 4.79 Å². The lowest BCUT2D eigenvalue weighted by atomic mass is 10.2. The smallest absolute Gasteiger partial charge is 0.266 e. The van der Waals surface area contributed by atoms with Crippen LogP contribution in [0.15, 0.2) is 82.7 Å². The van der Waals surface area contributed by atoms with E-state index < -0.39 is 11.8 Å². The summed E-state index contributed by atoms with van der Waals surface area (Å²) < 4.78 is 1.49. The number of rotatable bonds is 5. The molecule has 0 saturated carbocycles. The zero-order valence-corrected chi connectivity index (χ0v) is 18.6. The van der Waals surface area contributed by atoms with Gasteiger partial charge in [0.15, 0.2) is 5.16 Å². The van der Waals surface area contributed by atoms with Gasteiger partial charge < -0.3 is 0 Å². The summed E-state index contributed by atoms with van der Waals surface area (Å²) in [6, 6.07) is 20.8. The summed E-state index contributed by atoms with van der Waals surface area (Å²) in [7, 11) is 0. The van der Waals surface area contributed by atoms with Crippen LogP contribution in [0.4, 0.5) is 0 Å². The highest BCUT2D eigenvalue weighted by Gasteiger charge is 2.17. The SMILES string of the molecule is Cc1ccccc1-n1c(SCC(=O)NC(=O)c2ccccc2)nc2cc(Cl)ccc2c1=O. The molecule has 8 heteroatoms. The van der Waals surface area contributed by atoms with Gasteiger partial charge >= 0.3 is 0 Å². The Kier molecular flexibility index (Phi) is 6.39. The molecule has 0 radical (unpaired) electrons. The first-order valence-electron chi connectivity index (χ1n) is 9.74. The van der Waals surface area contributed by atoms with Crippen molar-refractivity contribution < 1.29 is 9.59 Å². The van der Waals surface area contributed by atoms with E-state index in [1.165, 1.54) is 4.57 Å². The third kappa shape index (κ3) is 4.59. The first-order chi connectivity index (χ1) is 15.4. The number of halogens is 1. The summed E-state index contributed by atoms with van der Waals surface area (Å²) >= 11 is 7.17. The number of carbonyl (C=O) groups excluding carboxylic acids is 2. The van der Waals surface area contributed by atoms with E-state index in [2.05, 4.69) is 10.3 Å². The number of carbonyl (C=O) groups is 2. The number of aryl methyl sites for hydroxylation is 1. The molecule has 160 valence electrons. The van der Waals surface area contributed by atoms with Crippen LogP contribution >= 0.6 is 23.4 Å². The second kappa shape index (κ2) is 9.38. The van der Waals surface area contributed by atoms with Gasteiger partial charge in [0.1, 0.15) is 0 Å². The van der Waals surface area contributed by atoms with Gasteiger partial charge in [0.25, 0.3) is 11.5 Å². The molecule has 3 aromatic carbocycles. The maximum Gasteiger partial charge on any atom is 0.266 e. The molecule has 1 heterocycles. The molecule has 4 rings (SSSR count). The summed E-state index contributed by atoms with van der Waals surface area (Å²) in [5.41, 5.74) is 2.13. The van der Waals surface area contributed by atoms with Gasteiger partial charge in [-0.15, -0.1) is 0 Å². The van der Waals surface area contributed by atoms with Crippen molar-refractivity contribution >= 4 is 46.1 Å². The van der Waals surface area contributed by atoms with Crippen LogP contribution in [0.1, 0.15) is 15.9 Å². The second-order valence-electron chi connectivity index (χ2n) is 7.01. The number of amides is 2. The van der Waals surface area contributed by atoms with Crippen LogP contribution < -0.4 is 10.9 Å². The molecule has 0 unspecified atom stereocenters. The van der Waals surface area contributed by atoms with E-state index in [1.807, 2.05) is 31.2 Å². The van der Waals surface area contributed by atoms with E-state index in [9.17, 15) is 14.4 Å². The standard InChI is InChI=1S/C24H18ClN3O3S/c1-15-7-5-6-10-20(15)28-23(31)18-12-11-17(25)13-19(18)26-24(28)32-14-21(29)27-22(30)16-8-3-2-4-9-16/h2-13H,14H2,1H3,(H,27,29,30). The van der Waals surface area contributed by atoms with Crippen molar-refractivity contribution in [3.05, 3.63) is 99.3 Å². The third-order valence-corrected chi connectivity index (χ3v) is 5.95. The fourth-order valence-electron chi connectivity index (χ4n) is 3.22. The van der Waals surface area contributed by atoms with Crippen molar-refractivity contribution in [2.24, 2.45) is 0 Å². The molecule has 0 atom stereocenters. The number of hydrogen-bond acceptors (Lipinski definition) is 5. The maximum absolute atomic E-state index is 13.3. The largest absolute Gasteiger partial charge is 0.292 e. The van der Waals surface area contributed by atoms with Crippen molar-refractivity contribution in [1.29, 1.82) is 0 Å². The number of hydrogen-bond donors (Lipinski definition) is 1. The van der Waals surface area contributed by atoms with Crippen molar-refractivity contribution in [2.45, 2.75) is 12.1 Å². The van der Waals surface area contributed by atoms with Gasteiger partial charge in [-0.05, 0) is 48.9 Å². The molecular weight excluding hydrogens is 446 g/mol. The molecule has 1 N–H and O–H groups in total. The van der Waals surface area contributed by atoms with E-state index in [-0.39, 0.29) is 11.3 Å². The quantitative estimate of drug-likeness (QED) is 0.350. The molecule has 0 aliphatic carbocycles. The van der Waals surface area contributed by atoms with Gasteiger partial charge in [-0.1, -0.05) is 59.8 Å². The van der Waals surface area contributed by atoms with Crippen LogP contribution in [0, 0.1) is 6.92 Å². The Morgan fingerprint density at radius 3 is 2.50 bits per heavy atom. The highest BCUT2D eigenvalue weighted by atomic mass is 35.5. The summed E-state index contributed by atoms with van der Waals surface area (Å²) in [5.74, 6) is -1.06. The minimum atomic E-state index is -0.486. The fraction of sp³-hybridized carbons (Fsp3) is 0.0833. The van der Waals surface area contributed by atoms with Gasteiger partial charge in [0.05, 0.1) is 22.3 Å². The molecule has 0 spiro atoms. The Labute approximate surface area is 193 Å². The van der Waals surface area contributed by atoms with Crippen LogP contribution in [0.3, 0.4) is 0 Å². The molecule has 0 aliphatic rings. The molecule has 2 amide bonds. The highest BCUT2D eigenvalue weighted by Crippen LogP contribution is 2.24. The third-order valence-electron chi connectivity index (χ3n) is 4.78. The summed E-state index contributed by atoms with van der Waals surface area (Å²) in [4.78, 5) is 42.6. The lowest BCUT2D eigenvalue weighted by molar-refractivity contribution is -0.117. The molecule has 0 bridgehead atoms. The topological polar surface area (TPSA) is 81.1 Å². The Balaban J connectivity index is 1.67. The minimum absolute atomic E-state index is 0.0943. The monoisotopic (exact) mass is 463 g/mol.